The van der Waals surface area contributed by atoms with E-state index in [0.29, 0.717) is 16.1 Å². The Bertz CT molecular complexity index is 735. The van der Waals surface area contributed by atoms with Crippen LogP contribution in [-0.2, 0) is 4.79 Å². The second-order valence-corrected chi connectivity index (χ2v) is 6.18. The van der Waals surface area contributed by atoms with Gasteiger partial charge in [-0.2, -0.15) is 0 Å². The van der Waals surface area contributed by atoms with Crippen LogP contribution in [0.4, 0.5) is 14.5 Å². The zero-order chi connectivity index (χ0) is 17.0. The molecule has 0 bridgehead atoms. The molecule has 120 valence electrons. The number of halogens is 2. The average molecular weight is 336 g/mol. The van der Waals surface area contributed by atoms with E-state index in [2.05, 4.69) is 5.32 Å². The zero-order valence-corrected chi connectivity index (χ0v) is 13.0. The van der Waals surface area contributed by atoms with Crippen molar-refractivity contribution in [2.75, 3.05) is 5.32 Å². The van der Waals surface area contributed by atoms with E-state index in [1.165, 1.54) is 18.2 Å². The third-order valence-corrected chi connectivity index (χ3v) is 4.10. The quantitative estimate of drug-likeness (QED) is 0.824. The van der Waals surface area contributed by atoms with Crippen molar-refractivity contribution in [1.82, 2.24) is 0 Å². The molecule has 0 fully saturated rings. The lowest BCUT2D eigenvalue weighted by Gasteiger charge is -2.12. The van der Waals surface area contributed by atoms with Gasteiger partial charge in [0.15, 0.2) is 11.6 Å². The van der Waals surface area contributed by atoms with Gasteiger partial charge >= 0.3 is 0 Å². The molecule has 0 spiro atoms. The van der Waals surface area contributed by atoms with Gasteiger partial charge in [0.1, 0.15) is 0 Å². The highest BCUT2D eigenvalue weighted by molar-refractivity contribution is 8.00. The van der Waals surface area contributed by atoms with Crippen molar-refractivity contribution in [2.24, 2.45) is 5.73 Å². The normalized spacial score (nSPS) is 11.8. The van der Waals surface area contributed by atoms with Gasteiger partial charge in [-0.15, -0.1) is 11.8 Å². The van der Waals surface area contributed by atoms with E-state index >= 15 is 0 Å². The van der Waals surface area contributed by atoms with Gasteiger partial charge in [0.05, 0.1) is 5.25 Å². The van der Waals surface area contributed by atoms with Crippen molar-refractivity contribution < 1.29 is 18.4 Å². The molecule has 2 aromatic carbocycles. The average Bonchev–Trinajstić information content (AvgIpc) is 2.51. The van der Waals surface area contributed by atoms with Gasteiger partial charge < -0.3 is 11.1 Å². The summed E-state index contributed by atoms with van der Waals surface area (Å²) in [6.45, 7) is 1.65. The van der Waals surface area contributed by atoms with E-state index in [1.807, 2.05) is 0 Å². The van der Waals surface area contributed by atoms with Crippen LogP contribution in [0.5, 0.6) is 0 Å². The van der Waals surface area contributed by atoms with Gasteiger partial charge in [-0.25, -0.2) is 8.78 Å². The van der Waals surface area contributed by atoms with E-state index in [4.69, 9.17) is 5.73 Å². The van der Waals surface area contributed by atoms with Crippen LogP contribution in [0.1, 0.15) is 17.3 Å². The third kappa shape index (κ3) is 4.53. The largest absolute Gasteiger partial charge is 0.366 e. The molecule has 2 aromatic rings. The minimum Gasteiger partial charge on any atom is -0.366 e. The number of amides is 2. The van der Waals surface area contributed by atoms with Crippen LogP contribution in [-0.4, -0.2) is 17.1 Å². The Hall–Kier alpha value is -2.41. The van der Waals surface area contributed by atoms with Crippen molar-refractivity contribution in [3.63, 3.8) is 0 Å². The fourth-order valence-electron chi connectivity index (χ4n) is 1.77. The summed E-state index contributed by atoms with van der Waals surface area (Å²) in [5.41, 5.74) is 5.99. The lowest BCUT2D eigenvalue weighted by atomic mass is 10.2. The molecule has 0 saturated carbocycles. The van der Waals surface area contributed by atoms with Crippen LogP contribution in [0.15, 0.2) is 47.4 Å². The lowest BCUT2D eigenvalue weighted by molar-refractivity contribution is -0.115. The molecule has 0 aliphatic carbocycles. The first-order chi connectivity index (χ1) is 10.9. The molecule has 0 unspecified atom stereocenters. The highest BCUT2D eigenvalue weighted by atomic mass is 32.2. The van der Waals surface area contributed by atoms with Crippen LogP contribution >= 0.6 is 11.8 Å². The first kappa shape index (κ1) is 17.0. The van der Waals surface area contributed by atoms with E-state index in [9.17, 15) is 18.4 Å². The first-order valence-electron chi connectivity index (χ1n) is 6.69. The van der Waals surface area contributed by atoms with Gasteiger partial charge in [-0.3, -0.25) is 9.59 Å². The van der Waals surface area contributed by atoms with E-state index in [1.54, 1.807) is 19.1 Å². The fraction of sp³-hybridized carbons (Fsp3) is 0.125. The van der Waals surface area contributed by atoms with E-state index in [0.717, 1.165) is 23.9 Å². The fourth-order valence-corrected chi connectivity index (χ4v) is 2.66. The molecule has 0 heterocycles. The number of carbonyl (C=O) groups is 2. The number of primary amides is 1. The van der Waals surface area contributed by atoms with Crippen LogP contribution in [0, 0.1) is 11.6 Å². The summed E-state index contributed by atoms with van der Waals surface area (Å²) in [6, 6.07) is 9.61. The Morgan fingerprint density at radius 2 is 1.74 bits per heavy atom. The molecule has 23 heavy (non-hydrogen) atoms. The van der Waals surface area contributed by atoms with Crippen LogP contribution in [0.3, 0.4) is 0 Å². The summed E-state index contributed by atoms with van der Waals surface area (Å²) < 4.78 is 26.0. The Balaban J connectivity index is 1.99. The number of hydrogen-bond donors (Lipinski definition) is 2. The summed E-state index contributed by atoms with van der Waals surface area (Å²) in [5, 5.41) is 2.16. The maximum atomic E-state index is 13.2. The van der Waals surface area contributed by atoms with Crippen molar-refractivity contribution in [1.29, 1.82) is 0 Å². The Morgan fingerprint density at radius 1 is 1.09 bits per heavy atom. The summed E-state index contributed by atoms with van der Waals surface area (Å²) in [7, 11) is 0. The van der Waals surface area contributed by atoms with Gasteiger partial charge in [0, 0.05) is 16.1 Å². The minimum absolute atomic E-state index is 0.299. The molecule has 3 N–H and O–H groups in total. The number of hydrogen-bond acceptors (Lipinski definition) is 3. The third-order valence-electron chi connectivity index (χ3n) is 3.01. The van der Waals surface area contributed by atoms with Crippen molar-refractivity contribution in [3.8, 4) is 0 Å². The van der Waals surface area contributed by atoms with Crippen molar-refractivity contribution in [2.45, 2.75) is 17.1 Å². The number of benzene rings is 2. The molecule has 0 aromatic heterocycles. The number of nitrogens with one attached hydrogen (secondary N) is 1. The zero-order valence-electron chi connectivity index (χ0n) is 12.2. The Morgan fingerprint density at radius 3 is 2.30 bits per heavy atom. The summed E-state index contributed by atoms with van der Waals surface area (Å²) in [4.78, 5) is 23.5. The second kappa shape index (κ2) is 7.23. The molecule has 7 heteroatoms. The SMILES string of the molecule is C[C@@H](Sc1ccc(F)c(F)c1)C(=O)Nc1ccc(C(N)=O)cc1. The topological polar surface area (TPSA) is 72.2 Å². The number of nitrogens with two attached hydrogens (primary N) is 1. The van der Waals surface area contributed by atoms with Crippen LogP contribution in [0.25, 0.3) is 0 Å². The number of anilines is 1. The molecule has 0 saturated heterocycles. The smallest absolute Gasteiger partial charge is 0.248 e. The lowest BCUT2D eigenvalue weighted by Crippen LogP contribution is -2.22. The van der Waals surface area contributed by atoms with Crippen molar-refractivity contribution in [3.05, 3.63) is 59.7 Å². The summed E-state index contributed by atoms with van der Waals surface area (Å²) >= 11 is 1.11. The molecule has 0 radical (unpaired) electrons. The van der Waals surface area contributed by atoms with Gasteiger partial charge in [0.25, 0.3) is 0 Å². The minimum atomic E-state index is -0.954. The maximum absolute atomic E-state index is 13.2. The van der Waals surface area contributed by atoms with E-state index in [-0.39, 0.29) is 5.91 Å². The highest BCUT2D eigenvalue weighted by Gasteiger charge is 2.15. The second-order valence-electron chi connectivity index (χ2n) is 4.77. The maximum Gasteiger partial charge on any atom is 0.248 e. The monoisotopic (exact) mass is 336 g/mol. The molecule has 0 aliphatic rings. The standard InChI is InChI=1S/C16H14F2N2O2S/c1-9(23-12-6-7-13(17)14(18)8-12)16(22)20-11-4-2-10(3-5-11)15(19)21/h2-9H,1H3,(H2,19,21)(H,20,22)/t9-/m1/s1. The Labute approximate surface area is 136 Å². The number of carbonyl (C=O) groups excluding carboxylic acids is 2. The molecular weight excluding hydrogens is 322 g/mol. The van der Waals surface area contributed by atoms with Crippen LogP contribution in [0.2, 0.25) is 0 Å². The molecular formula is C16H14F2N2O2S. The molecule has 4 nitrogen and oxygen atoms in total. The van der Waals surface area contributed by atoms with Gasteiger partial charge in [0.2, 0.25) is 11.8 Å². The molecule has 2 rings (SSSR count). The van der Waals surface area contributed by atoms with Crippen molar-refractivity contribution >= 4 is 29.3 Å². The molecule has 2 amide bonds. The van der Waals surface area contributed by atoms with Gasteiger partial charge in [-0.05, 0) is 49.4 Å². The molecule has 0 aliphatic heterocycles. The summed E-state index contributed by atoms with van der Waals surface area (Å²) in [5.74, 6) is -2.73. The highest BCUT2D eigenvalue weighted by Crippen LogP contribution is 2.25. The summed E-state index contributed by atoms with van der Waals surface area (Å²) in [6.07, 6.45) is 0. The predicted octanol–water partition coefficient (Wildman–Crippen LogP) is 3.18. The number of thioether (sulfide) groups is 1. The number of rotatable bonds is 5. The predicted molar refractivity (Wildman–Crippen MR) is 85.3 cm³/mol. The Kier molecular flexibility index (Phi) is 5.33. The first-order valence-corrected chi connectivity index (χ1v) is 7.57. The molecule has 1 atom stereocenters. The van der Waals surface area contributed by atoms with Crippen LogP contribution < -0.4 is 11.1 Å². The van der Waals surface area contributed by atoms with Gasteiger partial charge in [-0.1, -0.05) is 0 Å². The van der Waals surface area contributed by atoms with E-state index < -0.39 is 22.8 Å².